The highest BCUT2D eigenvalue weighted by Crippen LogP contribution is 2.23. The predicted octanol–water partition coefficient (Wildman–Crippen LogP) is 3.19. The monoisotopic (exact) mass is 239 g/mol. The second-order valence-electron chi connectivity index (χ2n) is 4.56. The lowest BCUT2D eigenvalue weighted by molar-refractivity contribution is 0.272. The van der Waals surface area contributed by atoms with E-state index in [4.69, 9.17) is 11.8 Å². The Hall–Kier alpha value is -0.730. The van der Waals surface area contributed by atoms with E-state index >= 15 is 0 Å². The molecule has 3 heteroatoms. The molecule has 0 aliphatic carbocycles. The van der Waals surface area contributed by atoms with E-state index in [1.165, 1.54) is 24.8 Å². The highest BCUT2D eigenvalue weighted by atomic mass is 35.5. The molecule has 0 atom stereocenters. The molecule has 2 rings (SSSR count). The van der Waals surface area contributed by atoms with Gasteiger partial charge in [0.2, 0.25) is 0 Å². The SMILES string of the molecule is Oc1cccc(CCC2CCN(Cl)CC2)c1. The van der Waals surface area contributed by atoms with E-state index in [9.17, 15) is 5.11 Å². The van der Waals surface area contributed by atoms with Crippen molar-refractivity contribution in [1.29, 1.82) is 0 Å². The predicted molar refractivity (Wildman–Crippen MR) is 66.6 cm³/mol. The summed E-state index contributed by atoms with van der Waals surface area (Å²) in [5.41, 5.74) is 1.23. The van der Waals surface area contributed by atoms with Gasteiger partial charge in [0.15, 0.2) is 0 Å². The second-order valence-corrected chi connectivity index (χ2v) is 5.04. The number of halogens is 1. The maximum Gasteiger partial charge on any atom is 0.115 e. The molecule has 0 amide bonds. The van der Waals surface area contributed by atoms with Gasteiger partial charge < -0.3 is 5.11 Å². The Labute approximate surface area is 102 Å². The standard InChI is InChI=1S/C13H18ClNO/c14-15-8-6-11(7-9-15)4-5-12-2-1-3-13(16)10-12/h1-3,10-11,16H,4-9H2. The summed E-state index contributed by atoms with van der Waals surface area (Å²) in [6.45, 7) is 2.01. The Kier molecular flexibility index (Phi) is 4.08. The van der Waals surface area contributed by atoms with Gasteiger partial charge >= 0.3 is 0 Å². The van der Waals surface area contributed by atoms with Crippen LogP contribution >= 0.6 is 11.8 Å². The van der Waals surface area contributed by atoms with Crippen LogP contribution in [0.15, 0.2) is 24.3 Å². The van der Waals surface area contributed by atoms with Crippen LogP contribution in [-0.4, -0.2) is 22.6 Å². The Morgan fingerprint density at radius 2 is 2.06 bits per heavy atom. The summed E-state index contributed by atoms with van der Waals surface area (Å²) in [6, 6.07) is 7.56. The van der Waals surface area contributed by atoms with Gasteiger partial charge in [-0.05, 0) is 61.1 Å². The van der Waals surface area contributed by atoms with E-state index < -0.39 is 0 Å². The molecule has 1 aliphatic heterocycles. The molecule has 1 saturated heterocycles. The number of rotatable bonds is 3. The molecule has 1 fully saturated rings. The molecule has 1 aromatic rings. The first kappa shape index (κ1) is 11.7. The van der Waals surface area contributed by atoms with Crippen LogP contribution in [0.5, 0.6) is 5.75 Å². The van der Waals surface area contributed by atoms with Gasteiger partial charge in [-0.25, -0.2) is 4.42 Å². The van der Waals surface area contributed by atoms with Gasteiger partial charge in [0, 0.05) is 13.1 Å². The van der Waals surface area contributed by atoms with Gasteiger partial charge in [0.1, 0.15) is 5.75 Å². The van der Waals surface area contributed by atoms with E-state index in [0.717, 1.165) is 25.4 Å². The minimum atomic E-state index is 0.369. The molecule has 0 unspecified atom stereocenters. The maximum absolute atomic E-state index is 9.36. The molecule has 1 aliphatic rings. The molecular formula is C13H18ClNO. The lowest BCUT2D eigenvalue weighted by Gasteiger charge is -2.26. The van der Waals surface area contributed by atoms with Crippen LogP contribution in [0.25, 0.3) is 0 Å². The van der Waals surface area contributed by atoms with Gasteiger partial charge in [-0.3, -0.25) is 0 Å². The van der Waals surface area contributed by atoms with Crippen molar-refractivity contribution in [3.63, 3.8) is 0 Å². The Morgan fingerprint density at radius 3 is 2.75 bits per heavy atom. The molecule has 1 aromatic carbocycles. The van der Waals surface area contributed by atoms with Crippen molar-refractivity contribution in [2.75, 3.05) is 13.1 Å². The fourth-order valence-corrected chi connectivity index (χ4v) is 2.47. The molecule has 0 radical (unpaired) electrons. The fourth-order valence-electron chi connectivity index (χ4n) is 2.27. The van der Waals surface area contributed by atoms with Crippen LogP contribution in [0.1, 0.15) is 24.8 Å². The summed E-state index contributed by atoms with van der Waals surface area (Å²) in [6.07, 6.45) is 4.65. The largest absolute Gasteiger partial charge is 0.508 e. The van der Waals surface area contributed by atoms with Crippen molar-refractivity contribution in [2.45, 2.75) is 25.7 Å². The van der Waals surface area contributed by atoms with Crippen LogP contribution in [0.2, 0.25) is 0 Å². The zero-order valence-corrected chi connectivity index (χ0v) is 10.2. The van der Waals surface area contributed by atoms with Crippen LogP contribution < -0.4 is 0 Å². The molecule has 0 spiro atoms. The van der Waals surface area contributed by atoms with Crippen molar-refractivity contribution >= 4 is 11.8 Å². The average Bonchev–Trinajstić information content (AvgIpc) is 2.28. The van der Waals surface area contributed by atoms with Gasteiger partial charge in [-0.1, -0.05) is 12.1 Å². The van der Waals surface area contributed by atoms with Crippen molar-refractivity contribution in [1.82, 2.24) is 4.42 Å². The molecule has 1 N–H and O–H groups in total. The van der Waals surface area contributed by atoms with Gasteiger partial charge in [0.25, 0.3) is 0 Å². The number of hydrogen-bond acceptors (Lipinski definition) is 2. The van der Waals surface area contributed by atoms with E-state index in [1.54, 1.807) is 6.07 Å². The summed E-state index contributed by atoms with van der Waals surface area (Å²) in [5, 5.41) is 9.36. The molecule has 2 nitrogen and oxygen atoms in total. The number of hydrogen-bond donors (Lipinski definition) is 1. The molecule has 0 bridgehead atoms. The molecule has 1 heterocycles. The third-order valence-corrected chi connectivity index (χ3v) is 3.65. The Bertz CT molecular complexity index is 334. The summed E-state index contributed by atoms with van der Waals surface area (Å²) >= 11 is 5.92. The molecule has 0 saturated carbocycles. The highest BCUT2D eigenvalue weighted by Gasteiger charge is 2.17. The number of nitrogens with zero attached hydrogens (tertiary/aromatic N) is 1. The minimum Gasteiger partial charge on any atom is -0.508 e. The van der Waals surface area contributed by atoms with Crippen LogP contribution in [0.4, 0.5) is 0 Å². The first-order valence-electron chi connectivity index (χ1n) is 5.92. The van der Waals surface area contributed by atoms with Gasteiger partial charge in [0.05, 0.1) is 0 Å². The number of aryl methyl sites for hydroxylation is 1. The maximum atomic E-state index is 9.36. The van der Waals surface area contributed by atoms with Crippen LogP contribution in [-0.2, 0) is 6.42 Å². The van der Waals surface area contributed by atoms with Crippen LogP contribution in [0, 0.1) is 5.92 Å². The normalized spacial score (nSPS) is 18.8. The zero-order valence-electron chi connectivity index (χ0n) is 9.40. The lowest BCUT2D eigenvalue weighted by atomic mass is 9.91. The average molecular weight is 240 g/mol. The summed E-state index contributed by atoms with van der Waals surface area (Å²) in [7, 11) is 0. The van der Waals surface area contributed by atoms with Gasteiger partial charge in [-0.15, -0.1) is 0 Å². The Morgan fingerprint density at radius 1 is 1.31 bits per heavy atom. The number of aromatic hydroxyl groups is 1. The number of phenolic OH excluding ortho intramolecular Hbond substituents is 1. The third-order valence-electron chi connectivity index (χ3n) is 3.31. The molecule has 16 heavy (non-hydrogen) atoms. The number of benzene rings is 1. The second kappa shape index (κ2) is 5.55. The molecule has 0 aromatic heterocycles. The van der Waals surface area contributed by atoms with Crippen LogP contribution in [0.3, 0.4) is 0 Å². The number of piperidine rings is 1. The topological polar surface area (TPSA) is 23.5 Å². The molecule has 88 valence electrons. The summed E-state index contributed by atoms with van der Waals surface area (Å²) in [4.78, 5) is 0. The summed E-state index contributed by atoms with van der Waals surface area (Å²) < 4.78 is 1.88. The van der Waals surface area contributed by atoms with Crippen molar-refractivity contribution in [3.05, 3.63) is 29.8 Å². The zero-order chi connectivity index (χ0) is 11.4. The van der Waals surface area contributed by atoms with E-state index in [2.05, 4.69) is 6.07 Å². The number of phenols is 1. The van der Waals surface area contributed by atoms with Gasteiger partial charge in [-0.2, -0.15) is 0 Å². The first-order valence-corrected chi connectivity index (χ1v) is 6.26. The lowest BCUT2D eigenvalue weighted by Crippen LogP contribution is -2.26. The minimum absolute atomic E-state index is 0.369. The van der Waals surface area contributed by atoms with E-state index in [-0.39, 0.29) is 0 Å². The Balaban J connectivity index is 1.79. The first-order chi connectivity index (χ1) is 7.74. The fraction of sp³-hybridized carbons (Fsp3) is 0.538. The van der Waals surface area contributed by atoms with E-state index in [0.29, 0.717) is 5.75 Å². The highest BCUT2D eigenvalue weighted by molar-refractivity contribution is 6.13. The molecular weight excluding hydrogens is 222 g/mol. The van der Waals surface area contributed by atoms with Crippen molar-refractivity contribution < 1.29 is 5.11 Å². The van der Waals surface area contributed by atoms with Crippen molar-refractivity contribution in [2.24, 2.45) is 5.92 Å². The third kappa shape index (κ3) is 3.39. The smallest absolute Gasteiger partial charge is 0.115 e. The van der Waals surface area contributed by atoms with Crippen molar-refractivity contribution in [3.8, 4) is 5.75 Å². The van der Waals surface area contributed by atoms with E-state index in [1.807, 2.05) is 16.6 Å². The summed E-state index contributed by atoms with van der Waals surface area (Å²) in [5.74, 6) is 1.16. The quantitative estimate of drug-likeness (QED) is 0.819.